The summed E-state index contributed by atoms with van der Waals surface area (Å²) in [4.78, 5) is 23.2. The minimum Gasteiger partial charge on any atom is -0.480 e. The first-order chi connectivity index (χ1) is 9.64. The van der Waals surface area contributed by atoms with Crippen LogP contribution in [0.5, 0.6) is 0 Å². The number of hydrogen-bond acceptors (Lipinski definition) is 2. The maximum absolute atomic E-state index is 12.7. The second kappa shape index (κ2) is 6.60. The number of aliphatic carboxylic acids is 1. The van der Waals surface area contributed by atoms with Gasteiger partial charge in [-0.1, -0.05) is 44.2 Å². The van der Waals surface area contributed by atoms with Gasteiger partial charge < -0.3 is 10.0 Å². The van der Waals surface area contributed by atoms with Crippen LogP contribution in [0.25, 0.3) is 0 Å². The molecule has 1 amide bonds. The molecule has 0 saturated heterocycles. The van der Waals surface area contributed by atoms with Crippen molar-refractivity contribution >= 4 is 11.9 Å². The predicted octanol–water partition coefficient (Wildman–Crippen LogP) is 2.69. The lowest BCUT2D eigenvalue weighted by atomic mass is 10.0. The normalized spacial score (nSPS) is 13.0. The first-order valence-corrected chi connectivity index (χ1v) is 6.29. The third-order valence-corrected chi connectivity index (χ3v) is 2.92. The number of carboxylic acids is 1. The summed E-state index contributed by atoms with van der Waals surface area (Å²) in [5.41, 5.74) is 0.432. The maximum atomic E-state index is 12.7. The SMILES string of the molecule is CC(C)C(C(=O)O)N(Cc1ccccc1)C(=O)C(F)(F)F. The molecule has 0 aromatic heterocycles. The van der Waals surface area contributed by atoms with E-state index in [2.05, 4.69) is 0 Å². The van der Waals surface area contributed by atoms with Crippen LogP contribution in [-0.2, 0) is 16.1 Å². The largest absolute Gasteiger partial charge is 0.480 e. The molecule has 7 heteroatoms. The Kier molecular flexibility index (Phi) is 5.34. The Balaban J connectivity index is 3.16. The summed E-state index contributed by atoms with van der Waals surface area (Å²) in [6.07, 6.45) is -5.11. The van der Waals surface area contributed by atoms with Crippen LogP contribution in [0.4, 0.5) is 13.2 Å². The second-order valence-electron chi connectivity index (χ2n) is 4.94. The van der Waals surface area contributed by atoms with E-state index in [1.54, 1.807) is 18.2 Å². The highest BCUT2D eigenvalue weighted by molar-refractivity contribution is 5.87. The van der Waals surface area contributed by atoms with Crippen molar-refractivity contribution in [3.8, 4) is 0 Å². The van der Waals surface area contributed by atoms with E-state index < -0.39 is 36.6 Å². The van der Waals surface area contributed by atoms with E-state index in [1.807, 2.05) is 0 Å². The highest BCUT2D eigenvalue weighted by Gasteiger charge is 2.46. The molecule has 116 valence electrons. The van der Waals surface area contributed by atoms with Crippen molar-refractivity contribution < 1.29 is 27.9 Å². The highest BCUT2D eigenvalue weighted by Crippen LogP contribution is 2.24. The van der Waals surface area contributed by atoms with Crippen LogP contribution >= 0.6 is 0 Å². The molecule has 1 aromatic rings. The fourth-order valence-electron chi connectivity index (χ4n) is 2.02. The Morgan fingerprint density at radius 2 is 1.71 bits per heavy atom. The third kappa shape index (κ3) is 4.47. The zero-order valence-electron chi connectivity index (χ0n) is 11.6. The Morgan fingerprint density at radius 3 is 2.10 bits per heavy atom. The molecule has 4 nitrogen and oxygen atoms in total. The lowest BCUT2D eigenvalue weighted by molar-refractivity contribution is -0.191. The molecule has 0 aliphatic rings. The van der Waals surface area contributed by atoms with Crippen LogP contribution in [0.1, 0.15) is 19.4 Å². The van der Waals surface area contributed by atoms with E-state index in [0.29, 0.717) is 10.5 Å². The van der Waals surface area contributed by atoms with Gasteiger partial charge in [0.1, 0.15) is 6.04 Å². The first kappa shape index (κ1) is 17.0. The smallest absolute Gasteiger partial charge is 0.471 e. The molecule has 0 saturated carbocycles. The van der Waals surface area contributed by atoms with Crippen LogP contribution in [0, 0.1) is 5.92 Å². The van der Waals surface area contributed by atoms with Gasteiger partial charge in [0.05, 0.1) is 0 Å². The number of alkyl halides is 3. The molecule has 0 radical (unpaired) electrons. The minimum atomic E-state index is -5.11. The van der Waals surface area contributed by atoms with Gasteiger partial charge in [0.15, 0.2) is 0 Å². The average molecular weight is 303 g/mol. The molecule has 0 aliphatic carbocycles. The Morgan fingerprint density at radius 1 is 1.19 bits per heavy atom. The Hall–Kier alpha value is -2.05. The number of rotatable bonds is 5. The monoisotopic (exact) mass is 303 g/mol. The van der Waals surface area contributed by atoms with E-state index in [9.17, 15) is 22.8 Å². The quantitative estimate of drug-likeness (QED) is 0.910. The lowest BCUT2D eigenvalue weighted by Crippen LogP contribution is -2.52. The topological polar surface area (TPSA) is 57.6 Å². The minimum absolute atomic E-state index is 0.363. The van der Waals surface area contributed by atoms with Gasteiger partial charge in [-0.15, -0.1) is 0 Å². The van der Waals surface area contributed by atoms with Gasteiger partial charge in [-0.3, -0.25) is 4.79 Å². The Bertz CT molecular complexity index is 500. The van der Waals surface area contributed by atoms with Crippen molar-refractivity contribution in [2.75, 3.05) is 0 Å². The lowest BCUT2D eigenvalue weighted by Gasteiger charge is -2.32. The number of nitrogens with zero attached hydrogens (tertiary/aromatic N) is 1. The van der Waals surface area contributed by atoms with Gasteiger partial charge in [-0.2, -0.15) is 13.2 Å². The fraction of sp³-hybridized carbons (Fsp3) is 0.429. The van der Waals surface area contributed by atoms with Gasteiger partial charge in [0.25, 0.3) is 0 Å². The molecular weight excluding hydrogens is 287 g/mol. The number of amides is 1. The van der Waals surface area contributed by atoms with Crippen molar-refractivity contribution in [3.63, 3.8) is 0 Å². The van der Waals surface area contributed by atoms with E-state index in [0.717, 1.165) is 0 Å². The van der Waals surface area contributed by atoms with Gasteiger partial charge >= 0.3 is 18.1 Å². The van der Waals surface area contributed by atoms with Gasteiger partial charge in [0.2, 0.25) is 0 Å². The molecule has 21 heavy (non-hydrogen) atoms. The van der Waals surface area contributed by atoms with Gasteiger partial charge in [0, 0.05) is 6.54 Å². The summed E-state index contributed by atoms with van der Waals surface area (Å²) in [5, 5.41) is 9.15. The van der Waals surface area contributed by atoms with Crippen molar-refractivity contribution in [1.29, 1.82) is 0 Å². The van der Waals surface area contributed by atoms with Crippen molar-refractivity contribution in [3.05, 3.63) is 35.9 Å². The summed E-state index contributed by atoms with van der Waals surface area (Å²) in [7, 11) is 0. The standard InChI is InChI=1S/C14H16F3NO3/c1-9(2)11(12(19)20)18(13(21)14(15,16)17)8-10-6-4-3-5-7-10/h3-7,9,11H,8H2,1-2H3,(H,19,20). The number of halogens is 3. The summed E-state index contributed by atoms with van der Waals surface area (Å²) in [6, 6.07) is 6.43. The molecule has 1 unspecified atom stereocenters. The molecule has 1 aromatic carbocycles. The average Bonchev–Trinajstić information content (AvgIpc) is 2.36. The highest BCUT2D eigenvalue weighted by atomic mass is 19.4. The third-order valence-electron chi connectivity index (χ3n) is 2.92. The number of carbonyl (C=O) groups excluding carboxylic acids is 1. The number of hydrogen-bond donors (Lipinski definition) is 1. The van der Waals surface area contributed by atoms with Crippen LogP contribution in [-0.4, -0.2) is 34.1 Å². The number of carbonyl (C=O) groups is 2. The molecule has 1 rings (SSSR count). The summed E-state index contributed by atoms with van der Waals surface area (Å²) in [5.74, 6) is -4.26. The van der Waals surface area contributed by atoms with E-state index in [-0.39, 0.29) is 0 Å². The first-order valence-electron chi connectivity index (χ1n) is 6.29. The van der Waals surface area contributed by atoms with Gasteiger partial charge in [-0.25, -0.2) is 4.79 Å². The van der Waals surface area contributed by atoms with Crippen LogP contribution < -0.4 is 0 Å². The second-order valence-corrected chi connectivity index (χ2v) is 4.94. The Labute approximate surface area is 120 Å². The van der Waals surface area contributed by atoms with E-state index >= 15 is 0 Å². The molecule has 0 aliphatic heterocycles. The zero-order valence-corrected chi connectivity index (χ0v) is 11.6. The van der Waals surface area contributed by atoms with Crippen LogP contribution in [0.3, 0.4) is 0 Å². The van der Waals surface area contributed by atoms with Crippen molar-refractivity contribution in [2.45, 2.75) is 32.6 Å². The van der Waals surface area contributed by atoms with Crippen LogP contribution in [0.15, 0.2) is 30.3 Å². The van der Waals surface area contributed by atoms with E-state index in [1.165, 1.54) is 26.0 Å². The summed E-state index contributed by atoms with van der Waals surface area (Å²) in [6.45, 7) is 2.51. The maximum Gasteiger partial charge on any atom is 0.471 e. The molecule has 1 atom stereocenters. The summed E-state index contributed by atoms with van der Waals surface area (Å²) < 4.78 is 38.1. The van der Waals surface area contributed by atoms with Crippen molar-refractivity contribution in [2.24, 2.45) is 5.92 Å². The van der Waals surface area contributed by atoms with E-state index in [4.69, 9.17) is 5.11 Å². The molecule has 0 bridgehead atoms. The number of benzene rings is 1. The molecule has 0 spiro atoms. The molecule has 0 fully saturated rings. The van der Waals surface area contributed by atoms with Gasteiger partial charge in [-0.05, 0) is 11.5 Å². The molecule has 1 N–H and O–H groups in total. The summed E-state index contributed by atoms with van der Waals surface area (Å²) >= 11 is 0. The predicted molar refractivity (Wildman–Crippen MR) is 69.3 cm³/mol. The number of carboxylic acid groups (broad SMARTS) is 1. The zero-order chi connectivity index (χ0) is 16.2. The van der Waals surface area contributed by atoms with Crippen LogP contribution in [0.2, 0.25) is 0 Å². The molecule has 0 heterocycles. The fourth-order valence-corrected chi connectivity index (χ4v) is 2.02. The molecular formula is C14H16F3NO3. The van der Waals surface area contributed by atoms with Crippen molar-refractivity contribution in [1.82, 2.24) is 4.90 Å².